The van der Waals surface area contributed by atoms with Crippen molar-refractivity contribution in [2.24, 2.45) is 11.8 Å². The van der Waals surface area contributed by atoms with Crippen molar-refractivity contribution in [2.75, 3.05) is 32.8 Å². The second-order valence-electron chi connectivity index (χ2n) is 7.01. The highest BCUT2D eigenvalue weighted by molar-refractivity contribution is 7.10. The van der Waals surface area contributed by atoms with Gasteiger partial charge in [-0.25, -0.2) is 0 Å². The fourth-order valence-corrected chi connectivity index (χ4v) is 5.55. The van der Waals surface area contributed by atoms with Gasteiger partial charge in [-0.15, -0.1) is 11.3 Å². The second kappa shape index (κ2) is 6.91. The number of carbonyl (C=O) groups excluding carboxylic acids is 1. The number of nitrogens with zero attached hydrogens (tertiary/aromatic N) is 1. The fourth-order valence-electron chi connectivity index (χ4n) is 4.39. The van der Waals surface area contributed by atoms with Crippen LogP contribution in [0.5, 0.6) is 0 Å². The molecule has 0 radical (unpaired) electrons. The molecule has 5 heteroatoms. The Morgan fingerprint density at radius 3 is 2.78 bits per heavy atom. The summed E-state index contributed by atoms with van der Waals surface area (Å²) in [4.78, 5) is 16.9. The van der Waals surface area contributed by atoms with Crippen molar-refractivity contribution in [3.8, 4) is 0 Å². The third-order valence-electron chi connectivity index (χ3n) is 5.69. The Morgan fingerprint density at radius 1 is 1.22 bits per heavy atom. The highest BCUT2D eigenvalue weighted by Gasteiger charge is 2.39. The van der Waals surface area contributed by atoms with Crippen LogP contribution in [-0.2, 0) is 16.0 Å². The first-order chi connectivity index (χ1) is 11.3. The summed E-state index contributed by atoms with van der Waals surface area (Å²) >= 11 is 1.85. The highest BCUT2D eigenvalue weighted by Crippen LogP contribution is 2.43. The van der Waals surface area contributed by atoms with E-state index in [4.69, 9.17) is 4.74 Å². The monoisotopic (exact) mass is 334 g/mol. The first-order valence-corrected chi connectivity index (χ1v) is 9.88. The summed E-state index contributed by atoms with van der Waals surface area (Å²) in [6.07, 6.45) is 5.17. The lowest BCUT2D eigenvalue weighted by Crippen LogP contribution is -2.48. The van der Waals surface area contributed by atoms with Crippen LogP contribution in [0.25, 0.3) is 0 Å². The lowest BCUT2D eigenvalue weighted by Gasteiger charge is -2.43. The highest BCUT2D eigenvalue weighted by atomic mass is 32.1. The lowest BCUT2D eigenvalue weighted by molar-refractivity contribution is -0.141. The molecule has 23 heavy (non-hydrogen) atoms. The van der Waals surface area contributed by atoms with Crippen LogP contribution in [0, 0.1) is 11.8 Å². The van der Waals surface area contributed by atoms with Gasteiger partial charge in [-0.1, -0.05) is 0 Å². The molecule has 0 spiro atoms. The van der Waals surface area contributed by atoms with Crippen LogP contribution in [0.15, 0.2) is 11.4 Å². The molecule has 126 valence electrons. The van der Waals surface area contributed by atoms with Gasteiger partial charge in [0.15, 0.2) is 0 Å². The average molecular weight is 334 g/mol. The van der Waals surface area contributed by atoms with Crippen molar-refractivity contribution in [1.29, 1.82) is 0 Å². The number of hydrogen-bond donors (Lipinski definition) is 1. The van der Waals surface area contributed by atoms with Crippen molar-refractivity contribution in [3.05, 3.63) is 21.9 Å². The molecule has 1 aromatic rings. The SMILES string of the molecule is O=C(C1CCNCC1)N1CCc2ccsc2C1C1CCOCC1. The number of hydrogen-bond acceptors (Lipinski definition) is 4. The molecular weight excluding hydrogens is 308 g/mol. The molecule has 1 aromatic heterocycles. The van der Waals surface area contributed by atoms with E-state index in [9.17, 15) is 4.79 Å². The van der Waals surface area contributed by atoms with E-state index in [-0.39, 0.29) is 5.92 Å². The summed E-state index contributed by atoms with van der Waals surface area (Å²) in [5, 5.41) is 5.58. The molecule has 1 amide bonds. The molecule has 0 aliphatic carbocycles. The van der Waals surface area contributed by atoms with Gasteiger partial charge in [0, 0.05) is 30.6 Å². The number of ether oxygens (including phenoxy) is 1. The number of carbonyl (C=O) groups is 1. The Hall–Kier alpha value is -0.910. The predicted octanol–water partition coefficient (Wildman–Crippen LogP) is 2.60. The molecule has 4 nitrogen and oxygen atoms in total. The molecule has 1 atom stereocenters. The maximum Gasteiger partial charge on any atom is 0.226 e. The molecule has 1 N–H and O–H groups in total. The van der Waals surface area contributed by atoms with Crippen molar-refractivity contribution in [3.63, 3.8) is 0 Å². The molecule has 0 bridgehead atoms. The average Bonchev–Trinajstić information content (AvgIpc) is 3.10. The van der Waals surface area contributed by atoms with E-state index in [0.29, 0.717) is 17.9 Å². The van der Waals surface area contributed by atoms with Crippen LogP contribution in [0.3, 0.4) is 0 Å². The second-order valence-corrected chi connectivity index (χ2v) is 7.96. The lowest BCUT2D eigenvalue weighted by atomic mass is 9.84. The standard InChI is InChI=1S/C18H26N2O2S/c21-18(15-1-7-19-8-2-15)20-9-3-14-6-12-23-17(14)16(20)13-4-10-22-11-5-13/h6,12-13,15-16,19H,1-5,7-11H2. The number of amides is 1. The zero-order valence-electron chi connectivity index (χ0n) is 13.6. The normalized spacial score (nSPS) is 27.0. The van der Waals surface area contributed by atoms with Crippen molar-refractivity contribution in [2.45, 2.75) is 38.1 Å². The Kier molecular flexibility index (Phi) is 4.69. The number of nitrogens with one attached hydrogen (secondary N) is 1. The Balaban J connectivity index is 1.60. The van der Waals surface area contributed by atoms with Gasteiger partial charge in [0.2, 0.25) is 5.91 Å². The van der Waals surface area contributed by atoms with E-state index in [1.165, 1.54) is 10.4 Å². The summed E-state index contributed by atoms with van der Waals surface area (Å²) in [7, 11) is 0. The summed E-state index contributed by atoms with van der Waals surface area (Å²) in [5.74, 6) is 1.19. The van der Waals surface area contributed by atoms with Crippen LogP contribution in [-0.4, -0.2) is 43.7 Å². The van der Waals surface area contributed by atoms with Gasteiger partial charge in [-0.05, 0) is 68.1 Å². The third kappa shape index (κ3) is 3.06. The van der Waals surface area contributed by atoms with E-state index in [1.807, 2.05) is 11.3 Å². The van der Waals surface area contributed by atoms with Crippen molar-refractivity contribution in [1.82, 2.24) is 10.2 Å². The molecule has 3 aliphatic heterocycles. The van der Waals surface area contributed by atoms with Crippen LogP contribution < -0.4 is 5.32 Å². The van der Waals surface area contributed by atoms with Gasteiger partial charge >= 0.3 is 0 Å². The Bertz CT molecular complexity index is 547. The molecule has 0 aromatic carbocycles. The van der Waals surface area contributed by atoms with Crippen LogP contribution in [0.4, 0.5) is 0 Å². The molecule has 3 aliphatic rings. The number of rotatable bonds is 2. The van der Waals surface area contributed by atoms with Crippen molar-refractivity contribution < 1.29 is 9.53 Å². The minimum Gasteiger partial charge on any atom is -0.381 e. The maximum atomic E-state index is 13.2. The summed E-state index contributed by atoms with van der Waals surface area (Å²) in [5.41, 5.74) is 1.47. The minimum atomic E-state index is 0.222. The summed E-state index contributed by atoms with van der Waals surface area (Å²) in [6, 6.07) is 2.56. The van der Waals surface area contributed by atoms with Gasteiger partial charge in [-0.3, -0.25) is 4.79 Å². The minimum absolute atomic E-state index is 0.222. The molecule has 2 fully saturated rings. The Morgan fingerprint density at radius 2 is 2.00 bits per heavy atom. The van der Waals surface area contributed by atoms with E-state index >= 15 is 0 Å². The van der Waals surface area contributed by atoms with Gasteiger partial charge in [0.05, 0.1) is 6.04 Å². The fraction of sp³-hybridized carbons (Fsp3) is 0.722. The largest absolute Gasteiger partial charge is 0.381 e. The van der Waals surface area contributed by atoms with E-state index in [0.717, 1.165) is 65.0 Å². The zero-order chi connectivity index (χ0) is 15.6. The van der Waals surface area contributed by atoms with E-state index < -0.39 is 0 Å². The molecule has 4 rings (SSSR count). The van der Waals surface area contributed by atoms with Crippen LogP contribution >= 0.6 is 11.3 Å². The molecular formula is C18H26N2O2S. The van der Waals surface area contributed by atoms with Crippen LogP contribution in [0.1, 0.15) is 42.2 Å². The van der Waals surface area contributed by atoms with Gasteiger partial charge in [0.25, 0.3) is 0 Å². The number of thiophene rings is 1. The van der Waals surface area contributed by atoms with E-state index in [2.05, 4.69) is 21.7 Å². The molecule has 0 saturated carbocycles. The molecule has 1 unspecified atom stereocenters. The summed E-state index contributed by atoms with van der Waals surface area (Å²) in [6.45, 7) is 4.55. The zero-order valence-corrected chi connectivity index (χ0v) is 14.4. The molecule has 4 heterocycles. The predicted molar refractivity (Wildman–Crippen MR) is 91.6 cm³/mol. The number of fused-ring (bicyclic) bond motifs is 1. The first-order valence-electron chi connectivity index (χ1n) is 9.00. The molecule has 2 saturated heterocycles. The summed E-state index contributed by atoms with van der Waals surface area (Å²) < 4.78 is 5.56. The topological polar surface area (TPSA) is 41.6 Å². The quantitative estimate of drug-likeness (QED) is 0.904. The van der Waals surface area contributed by atoms with Crippen molar-refractivity contribution >= 4 is 17.2 Å². The number of piperidine rings is 1. The maximum absolute atomic E-state index is 13.2. The van der Waals surface area contributed by atoms with Crippen LogP contribution in [0.2, 0.25) is 0 Å². The smallest absolute Gasteiger partial charge is 0.226 e. The van der Waals surface area contributed by atoms with Gasteiger partial charge in [0.1, 0.15) is 0 Å². The Labute approximate surface area is 142 Å². The third-order valence-corrected chi connectivity index (χ3v) is 6.72. The van der Waals surface area contributed by atoms with Gasteiger partial charge < -0.3 is 15.0 Å². The first kappa shape index (κ1) is 15.6. The van der Waals surface area contributed by atoms with E-state index in [1.54, 1.807) is 0 Å². The van der Waals surface area contributed by atoms with Gasteiger partial charge in [-0.2, -0.15) is 0 Å².